The van der Waals surface area contributed by atoms with Gasteiger partial charge in [0.25, 0.3) is 5.91 Å². The average Bonchev–Trinajstić information content (AvgIpc) is 3.31. The molecule has 3 N–H and O–H groups in total. The first-order valence-electron chi connectivity index (χ1n) is 11.1. The molecule has 2 aromatic carbocycles. The number of carbonyl (C=O) groups excluding carboxylic acids is 2. The summed E-state index contributed by atoms with van der Waals surface area (Å²) in [6.45, 7) is 4.08. The predicted molar refractivity (Wildman–Crippen MR) is 126 cm³/mol. The van der Waals surface area contributed by atoms with Crippen molar-refractivity contribution in [1.82, 2.24) is 15.7 Å². The number of para-hydroxylation sites is 1. The number of benzene rings is 2. The minimum atomic E-state index is -0.595. The van der Waals surface area contributed by atoms with Gasteiger partial charge in [-0.2, -0.15) is 0 Å². The Hall–Kier alpha value is -3.66. The van der Waals surface area contributed by atoms with E-state index in [0.29, 0.717) is 43.4 Å². The lowest BCUT2D eigenvalue weighted by molar-refractivity contribution is -0.116. The van der Waals surface area contributed by atoms with Gasteiger partial charge in [-0.25, -0.2) is 5.48 Å². The van der Waals surface area contributed by atoms with E-state index < -0.39 is 5.91 Å². The number of hydrogen-bond acceptors (Lipinski definition) is 7. The number of furan rings is 1. The molecule has 1 aliphatic rings. The average molecular weight is 466 g/mol. The molecule has 0 aliphatic carbocycles. The highest BCUT2D eigenvalue weighted by atomic mass is 16.5. The minimum Gasteiger partial charge on any atom is -0.492 e. The number of ether oxygens (including phenoxy) is 2. The van der Waals surface area contributed by atoms with Gasteiger partial charge in [-0.1, -0.05) is 18.2 Å². The summed E-state index contributed by atoms with van der Waals surface area (Å²) < 4.78 is 17.1. The third-order valence-corrected chi connectivity index (χ3v) is 5.43. The number of carbonyl (C=O) groups is 2. The summed E-state index contributed by atoms with van der Waals surface area (Å²) in [6.07, 6.45) is 1.58. The molecule has 2 heterocycles. The van der Waals surface area contributed by atoms with Crippen LogP contribution >= 0.6 is 0 Å². The zero-order chi connectivity index (χ0) is 23.8. The van der Waals surface area contributed by atoms with Crippen LogP contribution in [0.25, 0.3) is 16.5 Å². The molecule has 1 fully saturated rings. The van der Waals surface area contributed by atoms with Crippen molar-refractivity contribution in [2.45, 2.75) is 0 Å². The van der Waals surface area contributed by atoms with E-state index in [1.807, 2.05) is 30.3 Å². The molecule has 0 atom stereocenters. The molecule has 9 nitrogen and oxygen atoms in total. The van der Waals surface area contributed by atoms with Crippen molar-refractivity contribution in [2.24, 2.45) is 0 Å². The second-order valence-electron chi connectivity index (χ2n) is 7.81. The Balaban J connectivity index is 1.36. The zero-order valence-electron chi connectivity index (χ0n) is 18.7. The van der Waals surface area contributed by atoms with Crippen LogP contribution in [0.2, 0.25) is 0 Å². The largest absolute Gasteiger partial charge is 0.492 e. The molecule has 1 saturated heterocycles. The maximum atomic E-state index is 12.7. The number of fused-ring (bicyclic) bond motifs is 1. The van der Waals surface area contributed by atoms with Gasteiger partial charge in [0.15, 0.2) is 0 Å². The normalized spacial score (nSPS) is 14.7. The van der Waals surface area contributed by atoms with Crippen molar-refractivity contribution in [3.63, 3.8) is 0 Å². The maximum Gasteiger partial charge on any atom is 0.274 e. The Morgan fingerprint density at radius 3 is 2.59 bits per heavy atom. The van der Waals surface area contributed by atoms with Gasteiger partial charge >= 0.3 is 0 Å². The molecule has 0 bridgehead atoms. The summed E-state index contributed by atoms with van der Waals surface area (Å²) in [5.41, 5.74) is 3.47. The lowest BCUT2D eigenvalue weighted by Gasteiger charge is -2.27. The van der Waals surface area contributed by atoms with E-state index in [4.69, 9.17) is 19.1 Å². The first kappa shape index (κ1) is 23.5. The van der Waals surface area contributed by atoms with Gasteiger partial charge in [-0.15, -0.1) is 0 Å². The summed E-state index contributed by atoms with van der Waals surface area (Å²) in [7, 11) is 0. The molecule has 178 valence electrons. The SMILES string of the molecule is O=C(/C=C(\CN1CCOCC1)c1cc2ccccc2o1)NCCOc1ccc(C(=O)NO)cc1. The first-order valence-corrected chi connectivity index (χ1v) is 11.1. The second kappa shape index (κ2) is 11.5. The molecule has 1 aromatic heterocycles. The summed E-state index contributed by atoms with van der Waals surface area (Å²) >= 11 is 0. The number of hydroxylamine groups is 1. The maximum absolute atomic E-state index is 12.7. The highest BCUT2D eigenvalue weighted by Crippen LogP contribution is 2.25. The third-order valence-electron chi connectivity index (χ3n) is 5.43. The molecule has 0 radical (unpaired) electrons. The Morgan fingerprint density at radius 2 is 1.85 bits per heavy atom. The molecular weight excluding hydrogens is 438 g/mol. The highest BCUT2D eigenvalue weighted by molar-refractivity contribution is 5.96. The lowest BCUT2D eigenvalue weighted by Crippen LogP contribution is -2.37. The van der Waals surface area contributed by atoms with Crippen molar-refractivity contribution in [2.75, 3.05) is 46.0 Å². The second-order valence-corrected chi connectivity index (χ2v) is 7.81. The van der Waals surface area contributed by atoms with E-state index in [-0.39, 0.29) is 12.5 Å². The fourth-order valence-electron chi connectivity index (χ4n) is 3.65. The topological polar surface area (TPSA) is 113 Å². The molecule has 0 saturated carbocycles. The number of amides is 2. The number of rotatable bonds is 9. The van der Waals surface area contributed by atoms with Crippen LogP contribution in [0.3, 0.4) is 0 Å². The Morgan fingerprint density at radius 1 is 1.09 bits per heavy atom. The highest BCUT2D eigenvalue weighted by Gasteiger charge is 2.17. The molecule has 1 aliphatic heterocycles. The molecule has 4 rings (SSSR count). The first-order chi connectivity index (χ1) is 16.6. The van der Waals surface area contributed by atoms with Crippen molar-refractivity contribution >= 4 is 28.4 Å². The fourth-order valence-corrected chi connectivity index (χ4v) is 3.65. The zero-order valence-corrected chi connectivity index (χ0v) is 18.7. The van der Waals surface area contributed by atoms with Gasteiger partial charge in [-0.3, -0.25) is 19.7 Å². The van der Waals surface area contributed by atoms with Crippen molar-refractivity contribution < 1.29 is 28.7 Å². The number of nitrogens with one attached hydrogen (secondary N) is 2. The summed E-state index contributed by atoms with van der Waals surface area (Å²) in [4.78, 5) is 26.2. The molecule has 3 aromatic rings. The van der Waals surface area contributed by atoms with Crippen molar-refractivity contribution in [1.29, 1.82) is 0 Å². The van der Waals surface area contributed by atoms with E-state index in [9.17, 15) is 9.59 Å². The number of nitrogens with zero attached hydrogens (tertiary/aromatic N) is 1. The van der Waals surface area contributed by atoms with Crippen LogP contribution in [0, 0.1) is 0 Å². The van der Waals surface area contributed by atoms with Crippen LogP contribution in [-0.4, -0.2) is 67.9 Å². The fraction of sp³-hybridized carbons (Fsp3) is 0.280. The van der Waals surface area contributed by atoms with E-state index in [0.717, 1.165) is 29.6 Å². The molecule has 0 unspecified atom stereocenters. The smallest absolute Gasteiger partial charge is 0.274 e. The van der Waals surface area contributed by atoms with E-state index in [2.05, 4.69) is 10.2 Å². The molecule has 2 amide bonds. The van der Waals surface area contributed by atoms with Crippen molar-refractivity contribution in [3.8, 4) is 5.75 Å². The summed E-state index contributed by atoms with van der Waals surface area (Å²) in [6, 6.07) is 16.0. The van der Waals surface area contributed by atoms with Gasteiger partial charge in [0, 0.05) is 42.2 Å². The third kappa shape index (κ3) is 6.22. The van der Waals surface area contributed by atoms with Crippen LogP contribution in [0.5, 0.6) is 5.75 Å². The Labute approximate surface area is 196 Å². The molecule has 0 spiro atoms. The lowest BCUT2D eigenvalue weighted by atomic mass is 10.1. The van der Waals surface area contributed by atoms with Crippen molar-refractivity contribution in [3.05, 3.63) is 72.0 Å². The predicted octanol–water partition coefficient (Wildman–Crippen LogP) is 2.46. The molecule has 34 heavy (non-hydrogen) atoms. The van der Waals surface area contributed by atoms with Crippen LogP contribution < -0.4 is 15.5 Å². The monoisotopic (exact) mass is 465 g/mol. The van der Waals surface area contributed by atoms with Gasteiger partial charge in [-0.05, 0) is 36.4 Å². The summed E-state index contributed by atoms with van der Waals surface area (Å²) in [5.74, 6) is 0.394. The Kier molecular flexibility index (Phi) is 7.92. The van der Waals surface area contributed by atoms with E-state index >= 15 is 0 Å². The van der Waals surface area contributed by atoms with Crippen LogP contribution in [0.1, 0.15) is 16.1 Å². The van der Waals surface area contributed by atoms with Crippen LogP contribution in [0.4, 0.5) is 0 Å². The minimum absolute atomic E-state index is 0.234. The summed E-state index contributed by atoms with van der Waals surface area (Å²) in [5, 5.41) is 12.5. The molecular formula is C25H27N3O6. The van der Waals surface area contributed by atoms with Gasteiger partial charge in [0.05, 0.1) is 19.8 Å². The van der Waals surface area contributed by atoms with Gasteiger partial charge < -0.3 is 19.2 Å². The van der Waals surface area contributed by atoms with Gasteiger partial charge in [0.2, 0.25) is 5.91 Å². The van der Waals surface area contributed by atoms with E-state index in [1.165, 1.54) is 12.1 Å². The molecule has 9 heteroatoms. The number of morpholine rings is 1. The van der Waals surface area contributed by atoms with Gasteiger partial charge in [0.1, 0.15) is 23.7 Å². The van der Waals surface area contributed by atoms with Crippen LogP contribution in [-0.2, 0) is 9.53 Å². The number of hydrogen-bond donors (Lipinski definition) is 3. The van der Waals surface area contributed by atoms with Crippen LogP contribution in [0.15, 0.2) is 65.1 Å². The van der Waals surface area contributed by atoms with E-state index in [1.54, 1.807) is 23.7 Å². The standard InChI is InChI=1S/C25H27N3O6/c29-24(26-9-12-33-21-7-5-18(6-8-21)25(30)27-31)16-20(17-28-10-13-32-14-11-28)23-15-19-3-1-2-4-22(19)34-23/h1-8,15-16,31H,9-14,17H2,(H,26,29)(H,27,30)/b20-16+. The Bertz CT molecular complexity index is 1120. The quantitative estimate of drug-likeness (QED) is 0.193.